The van der Waals surface area contributed by atoms with Crippen LogP contribution in [0.25, 0.3) is 0 Å². The van der Waals surface area contributed by atoms with Crippen LogP contribution >= 0.6 is 11.6 Å². The maximum atomic E-state index is 12.6. The van der Waals surface area contributed by atoms with Crippen molar-refractivity contribution in [3.05, 3.63) is 16.4 Å². The molecule has 25 heavy (non-hydrogen) atoms. The van der Waals surface area contributed by atoms with Crippen molar-refractivity contribution in [2.75, 3.05) is 20.2 Å². The lowest BCUT2D eigenvalue weighted by atomic mass is 10.2. The van der Waals surface area contributed by atoms with E-state index in [4.69, 9.17) is 16.3 Å². The van der Waals surface area contributed by atoms with Gasteiger partial charge in [0, 0.05) is 26.2 Å². The van der Waals surface area contributed by atoms with Crippen LogP contribution in [0.5, 0.6) is 0 Å². The summed E-state index contributed by atoms with van der Waals surface area (Å²) in [6, 6.07) is 0.248. The highest BCUT2D eigenvalue weighted by Gasteiger charge is 2.34. The van der Waals surface area contributed by atoms with Gasteiger partial charge in [0.05, 0.1) is 17.3 Å². The first-order valence-electron chi connectivity index (χ1n) is 8.83. The number of carbonyl (C=O) groups is 2. The lowest BCUT2D eigenvalue weighted by Gasteiger charge is -2.21. The summed E-state index contributed by atoms with van der Waals surface area (Å²) < 4.78 is 6.97. The average molecular weight is 369 g/mol. The Bertz CT molecular complexity index is 667. The standard InChI is InChI=1S/C17H25ClN4O3/c1-4-13(25-3)17(24)21-8-7-11(9-21)19-16(23)14-10(2)20-22(15(14)18)12-5-6-12/h11-13H,4-9H2,1-3H3,(H,19,23)/t11-,13?/m1/s1. The van der Waals surface area contributed by atoms with Gasteiger partial charge in [-0.1, -0.05) is 18.5 Å². The molecule has 1 saturated carbocycles. The van der Waals surface area contributed by atoms with Gasteiger partial charge in [0.2, 0.25) is 0 Å². The number of aryl methyl sites for hydroxylation is 1. The number of likely N-dealkylation sites (tertiary alicyclic amines) is 1. The molecule has 2 fully saturated rings. The third kappa shape index (κ3) is 3.67. The van der Waals surface area contributed by atoms with Crippen molar-refractivity contribution in [2.24, 2.45) is 0 Å². The fraction of sp³-hybridized carbons (Fsp3) is 0.706. The second-order valence-corrected chi connectivity index (χ2v) is 7.16. The molecule has 1 aromatic rings. The summed E-state index contributed by atoms with van der Waals surface area (Å²) >= 11 is 6.36. The zero-order chi connectivity index (χ0) is 18.1. The maximum absolute atomic E-state index is 12.6. The highest BCUT2D eigenvalue weighted by atomic mass is 35.5. The lowest BCUT2D eigenvalue weighted by Crippen LogP contribution is -2.42. The van der Waals surface area contributed by atoms with Crippen LogP contribution in [0.1, 0.15) is 54.7 Å². The van der Waals surface area contributed by atoms with Gasteiger partial charge < -0.3 is 15.0 Å². The molecule has 2 amide bonds. The lowest BCUT2D eigenvalue weighted by molar-refractivity contribution is -0.141. The van der Waals surface area contributed by atoms with Gasteiger partial charge in [-0.25, -0.2) is 4.68 Å². The molecule has 3 rings (SSSR count). The van der Waals surface area contributed by atoms with Gasteiger partial charge in [-0.2, -0.15) is 5.10 Å². The van der Waals surface area contributed by atoms with Crippen molar-refractivity contribution >= 4 is 23.4 Å². The van der Waals surface area contributed by atoms with Crippen molar-refractivity contribution in [1.29, 1.82) is 0 Å². The highest BCUT2D eigenvalue weighted by Crippen LogP contribution is 2.38. The van der Waals surface area contributed by atoms with Crippen molar-refractivity contribution in [3.63, 3.8) is 0 Å². The summed E-state index contributed by atoms with van der Waals surface area (Å²) in [5, 5.41) is 7.81. The van der Waals surface area contributed by atoms with Crippen LogP contribution < -0.4 is 5.32 Å². The van der Waals surface area contributed by atoms with Crippen LogP contribution in [0.3, 0.4) is 0 Å². The average Bonchev–Trinajstić information content (AvgIpc) is 3.24. The Morgan fingerprint density at radius 3 is 2.72 bits per heavy atom. The number of ether oxygens (including phenoxy) is 1. The first kappa shape index (κ1) is 18.2. The molecule has 0 spiro atoms. The molecule has 1 N–H and O–H groups in total. The fourth-order valence-electron chi connectivity index (χ4n) is 3.32. The van der Waals surface area contributed by atoms with Gasteiger partial charge in [0.1, 0.15) is 11.3 Å². The third-order valence-corrected chi connectivity index (χ3v) is 5.27. The van der Waals surface area contributed by atoms with E-state index in [1.54, 1.807) is 23.6 Å². The van der Waals surface area contributed by atoms with Gasteiger partial charge >= 0.3 is 0 Å². The summed E-state index contributed by atoms with van der Waals surface area (Å²) in [4.78, 5) is 26.8. The summed E-state index contributed by atoms with van der Waals surface area (Å²) in [5.41, 5.74) is 1.09. The molecule has 8 heteroatoms. The Morgan fingerprint density at radius 2 is 2.12 bits per heavy atom. The predicted molar refractivity (Wildman–Crippen MR) is 93.8 cm³/mol. The van der Waals surface area contributed by atoms with Gasteiger partial charge in [-0.05, 0) is 32.6 Å². The third-order valence-electron chi connectivity index (χ3n) is 4.91. The Kier molecular flexibility index (Phi) is 5.34. The molecule has 1 aliphatic carbocycles. The smallest absolute Gasteiger partial charge is 0.256 e. The number of hydrogen-bond donors (Lipinski definition) is 1. The van der Waals surface area contributed by atoms with E-state index in [1.807, 2.05) is 6.92 Å². The van der Waals surface area contributed by atoms with Crippen LogP contribution in [0, 0.1) is 6.92 Å². The molecule has 0 aromatic carbocycles. The predicted octanol–water partition coefficient (Wildman–Crippen LogP) is 1.94. The van der Waals surface area contributed by atoms with Gasteiger partial charge in [0.25, 0.3) is 11.8 Å². The van der Waals surface area contributed by atoms with Crippen molar-refractivity contribution in [2.45, 2.75) is 57.7 Å². The first-order valence-corrected chi connectivity index (χ1v) is 9.21. The number of carbonyl (C=O) groups excluding carboxylic acids is 2. The molecule has 7 nitrogen and oxygen atoms in total. The molecule has 1 saturated heterocycles. The quantitative estimate of drug-likeness (QED) is 0.832. The Balaban J connectivity index is 1.62. The monoisotopic (exact) mass is 368 g/mol. The Morgan fingerprint density at radius 1 is 1.40 bits per heavy atom. The number of aromatic nitrogens is 2. The van der Waals surface area contributed by atoms with E-state index in [0.717, 1.165) is 19.3 Å². The number of amides is 2. The molecular formula is C17H25ClN4O3. The highest BCUT2D eigenvalue weighted by molar-refractivity contribution is 6.33. The van der Waals surface area contributed by atoms with Gasteiger partial charge in [-0.3, -0.25) is 9.59 Å². The number of rotatable bonds is 6. The number of hydrogen-bond acceptors (Lipinski definition) is 4. The second kappa shape index (κ2) is 7.33. The summed E-state index contributed by atoms with van der Waals surface area (Å²) in [6.07, 6.45) is 3.06. The minimum Gasteiger partial charge on any atom is -0.372 e. The van der Waals surface area contributed by atoms with E-state index in [0.29, 0.717) is 42.0 Å². The van der Waals surface area contributed by atoms with Gasteiger partial charge in [-0.15, -0.1) is 0 Å². The van der Waals surface area contributed by atoms with Crippen molar-refractivity contribution in [1.82, 2.24) is 20.0 Å². The Hall–Kier alpha value is -1.60. The first-order chi connectivity index (χ1) is 12.0. The minimum atomic E-state index is -0.414. The van der Waals surface area contributed by atoms with Crippen LogP contribution in [0.4, 0.5) is 0 Å². The zero-order valence-electron chi connectivity index (χ0n) is 14.9. The number of nitrogens with zero attached hydrogens (tertiary/aromatic N) is 3. The van der Waals surface area contributed by atoms with E-state index >= 15 is 0 Å². The second-order valence-electron chi connectivity index (χ2n) is 6.80. The molecule has 2 atom stereocenters. The van der Waals surface area contributed by atoms with E-state index in [2.05, 4.69) is 10.4 Å². The Labute approximate surface area is 152 Å². The molecule has 0 bridgehead atoms. The topological polar surface area (TPSA) is 76.5 Å². The van der Waals surface area contributed by atoms with E-state index in [9.17, 15) is 9.59 Å². The molecule has 1 aromatic heterocycles. The molecule has 138 valence electrons. The van der Waals surface area contributed by atoms with Crippen LogP contribution in [0.2, 0.25) is 5.15 Å². The molecule has 0 radical (unpaired) electrons. The molecule has 2 aliphatic rings. The summed E-state index contributed by atoms with van der Waals surface area (Å²) in [7, 11) is 1.55. The number of nitrogens with one attached hydrogen (secondary N) is 1. The van der Waals surface area contributed by atoms with Crippen LogP contribution in [0.15, 0.2) is 0 Å². The summed E-state index contributed by atoms with van der Waals surface area (Å²) in [6.45, 7) is 4.84. The van der Waals surface area contributed by atoms with E-state index in [1.165, 1.54) is 0 Å². The largest absolute Gasteiger partial charge is 0.372 e. The van der Waals surface area contributed by atoms with Gasteiger partial charge in [0.15, 0.2) is 0 Å². The minimum absolute atomic E-state index is 0.0162. The molecular weight excluding hydrogens is 344 g/mol. The molecule has 1 unspecified atom stereocenters. The normalized spacial score (nSPS) is 21.4. The van der Waals surface area contributed by atoms with Crippen molar-refractivity contribution < 1.29 is 14.3 Å². The van der Waals surface area contributed by atoms with Crippen LogP contribution in [-0.4, -0.2) is 58.8 Å². The zero-order valence-corrected chi connectivity index (χ0v) is 15.7. The SMILES string of the molecule is CCC(OC)C(=O)N1CC[C@@H](NC(=O)c2c(C)nn(C3CC3)c2Cl)C1. The van der Waals surface area contributed by atoms with Crippen molar-refractivity contribution in [3.8, 4) is 0 Å². The summed E-state index contributed by atoms with van der Waals surface area (Å²) in [5.74, 6) is -0.231. The molecule has 1 aliphatic heterocycles. The molecule has 2 heterocycles. The number of methoxy groups -OCH3 is 1. The fourth-order valence-corrected chi connectivity index (χ4v) is 3.72. The maximum Gasteiger partial charge on any atom is 0.256 e. The van der Waals surface area contributed by atoms with Crippen LogP contribution in [-0.2, 0) is 9.53 Å². The van der Waals surface area contributed by atoms with E-state index < -0.39 is 6.10 Å². The number of halogens is 1. The van der Waals surface area contributed by atoms with E-state index in [-0.39, 0.29) is 17.9 Å².